The number of likely N-dealkylation sites (N-methyl/N-ethyl adjacent to an activating group) is 1. The first-order chi connectivity index (χ1) is 14.3. The van der Waals surface area contributed by atoms with Gasteiger partial charge in [-0.2, -0.15) is 0 Å². The summed E-state index contributed by atoms with van der Waals surface area (Å²) in [5.74, 6) is -0.355. The quantitative estimate of drug-likeness (QED) is 0.710. The van der Waals surface area contributed by atoms with Crippen LogP contribution in [0.5, 0.6) is 5.88 Å². The maximum absolute atomic E-state index is 13.1. The molecule has 1 N–H and O–H groups in total. The molecule has 30 heavy (non-hydrogen) atoms. The molecule has 0 fully saturated rings. The largest absolute Gasteiger partial charge is 0.472 e. The summed E-state index contributed by atoms with van der Waals surface area (Å²) in [6, 6.07) is 6.49. The fourth-order valence-corrected chi connectivity index (χ4v) is 3.66. The van der Waals surface area contributed by atoms with Gasteiger partial charge in [-0.25, -0.2) is 4.98 Å². The van der Waals surface area contributed by atoms with Crippen LogP contribution < -0.4 is 4.74 Å². The summed E-state index contributed by atoms with van der Waals surface area (Å²) in [6.45, 7) is 4.27. The van der Waals surface area contributed by atoms with Crippen molar-refractivity contribution >= 4 is 27.7 Å². The van der Waals surface area contributed by atoms with Crippen LogP contribution in [0.15, 0.2) is 41.1 Å². The van der Waals surface area contributed by atoms with E-state index in [0.29, 0.717) is 28.8 Å². The Kier molecular flexibility index (Phi) is 7.04. The summed E-state index contributed by atoms with van der Waals surface area (Å²) in [4.78, 5) is 37.4. The van der Waals surface area contributed by atoms with Gasteiger partial charge in [0.2, 0.25) is 5.88 Å². The van der Waals surface area contributed by atoms with Crippen LogP contribution >= 0.6 is 15.9 Å². The average molecular weight is 477 g/mol. The SMILES string of the molecule is C[C@H]1CN([C@@H](C)CO)C(=O)c2cc(Br)cnc2O[C@@H]1CN(C)C(=O)c1ccccn1. The van der Waals surface area contributed by atoms with Crippen LogP contribution in [0.1, 0.15) is 34.7 Å². The van der Waals surface area contributed by atoms with Gasteiger partial charge in [0, 0.05) is 36.4 Å². The number of pyridine rings is 2. The Bertz CT molecular complexity index is 911. The third-order valence-electron chi connectivity index (χ3n) is 5.17. The number of carbonyl (C=O) groups is 2. The lowest BCUT2D eigenvalue weighted by Crippen LogP contribution is -2.50. The molecule has 3 atom stereocenters. The molecule has 0 bridgehead atoms. The molecule has 9 heteroatoms. The molecule has 1 aliphatic heterocycles. The van der Waals surface area contributed by atoms with E-state index in [4.69, 9.17) is 4.74 Å². The van der Waals surface area contributed by atoms with Gasteiger partial charge in [0.15, 0.2) is 0 Å². The lowest BCUT2D eigenvalue weighted by atomic mass is 10.00. The van der Waals surface area contributed by atoms with Gasteiger partial charge in [0.05, 0.1) is 19.2 Å². The van der Waals surface area contributed by atoms with Crippen LogP contribution in [0.2, 0.25) is 0 Å². The van der Waals surface area contributed by atoms with Gasteiger partial charge in [-0.15, -0.1) is 0 Å². The molecule has 3 heterocycles. The zero-order valence-electron chi connectivity index (χ0n) is 17.2. The molecule has 1 aliphatic rings. The minimum absolute atomic E-state index is 0.111. The Morgan fingerprint density at radius 1 is 1.43 bits per heavy atom. The lowest BCUT2D eigenvalue weighted by molar-refractivity contribution is 0.0312. The number of aliphatic hydroxyl groups excluding tert-OH is 1. The van der Waals surface area contributed by atoms with E-state index in [1.807, 2.05) is 6.92 Å². The van der Waals surface area contributed by atoms with Crippen molar-refractivity contribution in [1.29, 1.82) is 0 Å². The topological polar surface area (TPSA) is 95.9 Å². The highest BCUT2D eigenvalue weighted by Crippen LogP contribution is 2.28. The van der Waals surface area contributed by atoms with Crippen molar-refractivity contribution < 1.29 is 19.4 Å². The van der Waals surface area contributed by atoms with Gasteiger partial charge < -0.3 is 19.6 Å². The van der Waals surface area contributed by atoms with Gasteiger partial charge in [-0.1, -0.05) is 13.0 Å². The number of aromatic nitrogens is 2. The van der Waals surface area contributed by atoms with E-state index in [1.54, 1.807) is 60.4 Å². The minimum atomic E-state index is -0.406. The van der Waals surface area contributed by atoms with Crippen molar-refractivity contribution in [2.75, 3.05) is 26.7 Å². The molecule has 0 radical (unpaired) electrons. The fraction of sp³-hybridized carbons (Fsp3) is 0.429. The summed E-state index contributed by atoms with van der Waals surface area (Å²) < 4.78 is 6.79. The molecule has 8 nitrogen and oxygen atoms in total. The normalized spacial score (nSPS) is 19.9. The fourth-order valence-electron chi connectivity index (χ4n) is 3.33. The molecule has 160 valence electrons. The highest BCUT2D eigenvalue weighted by atomic mass is 79.9. The van der Waals surface area contributed by atoms with Crippen molar-refractivity contribution in [1.82, 2.24) is 19.8 Å². The van der Waals surface area contributed by atoms with Gasteiger partial charge in [-0.3, -0.25) is 14.6 Å². The van der Waals surface area contributed by atoms with E-state index in [-0.39, 0.29) is 36.3 Å². The van der Waals surface area contributed by atoms with E-state index in [9.17, 15) is 14.7 Å². The molecule has 0 spiro atoms. The Morgan fingerprint density at radius 3 is 2.87 bits per heavy atom. The number of hydrogen-bond donors (Lipinski definition) is 1. The number of carbonyl (C=O) groups excluding carboxylic acids is 2. The monoisotopic (exact) mass is 476 g/mol. The van der Waals surface area contributed by atoms with Crippen LogP contribution in [0.4, 0.5) is 0 Å². The van der Waals surface area contributed by atoms with Crippen LogP contribution in [-0.2, 0) is 0 Å². The first-order valence-corrected chi connectivity index (χ1v) is 10.5. The third kappa shape index (κ3) is 4.79. The van der Waals surface area contributed by atoms with Crippen molar-refractivity contribution in [2.24, 2.45) is 5.92 Å². The molecule has 0 saturated heterocycles. The molecule has 0 aliphatic carbocycles. The smallest absolute Gasteiger partial charge is 0.272 e. The first-order valence-electron chi connectivity index (χ1n) is 9.72. The highest BCUT2D eigenvalue weighted by molar-refractivity contribution is 9.10. The second-order valence-corrected chi connectivity index (χ2v) is 8.45. The molecule has 3 rings (SSSR count). The predicted molar refractivity (Wildman–Crippen MR) is 114 cm³/mol. The standard InChI is InChI=1S/C21H25BrN4O4/c1-13-10-26(14(2)12-27)20(28)16-8-15(22)9-24-19(16)30-18(13)11-25(3)21(29)17-6-4-5-7-23-17/h4-9,13-14,18,27H,10-12H2,1-3H3/t13-,14-,18+/m0/s1. The number of hydrogen-bond acceptors (Lipinski definition) is 6. The van der Waals surface area contributed by atoms with Gasteiger partial charge in [0.1, 0.15) is 17.4 Å². The first kappa shape index (κ1) is 22.2. The number of fused-ring (bicyclic) bond motifs is 1. The van der Waals surface area contributed by atoms with Crippen LogP contribution in [0, 0.1) is 5.92 Å². The number of nitrogens with zero attached hydrogens (tertiary/aromatic N) is 4. The number of ether oxygens (including phenoxy) is 1. The maximum atomic E-state index is 13.1. The van der Waals surface area contributed by atoms with Crippen LogP contribution in [0.25, 0.3) is 0 Å². The second kappa shape index (κ2) is 9.53. The summed E-state index contributed by atoms with van der Waals surface area (Å²) in [5, 5.41) is 9.66. The van der Waals surface area contributed by atoms with Crippen LogP contribution in [-0.4, -0.2) is 75.6 Å². The molecule has 0 unspecified atom stereocenters. The van der Waals surface area contributed by atoms with E-state index in [0.717, 1.165) is 0 Å². The van der Waals surface area contributed by atoms with Crippen molar-refractivity contribution in [3.63, 3.8) is 0 Å². The van der Waals surface area contributed by atoms with Crippen molar-refractivity contribution in [3.05, 3.63) is 52.4 Å². The minimum Gasteiger partial charge on any atom is -0.472 e. The number of rotatable bonds is 5. The molecular formula is C21H25BrN4O4. The summed E-state index contributed by atoms with van der Waals surface area (Å²) >= 11 is 3.35. The van der Waals surface area contributed by atoms with Gasteiger partial charge >= 0.3 is 0 Å². The van der Waals surface area contributed by atoms with Gasteiger partial charge in [0.25, 0.3) is 11.8 Å². The third-order valence-corrected chi connectivity index (χ3v) is 5.61. The molecule has 0 saturated carbocycles. The predicted octanol–water partition coefficient (Wildman–Crippen LogP) is 2.23. The van der Waals surface area contributed by atoms with E-state index in [1.165, 1.54) is 0 Å². The number of aliphatic hydroxyl groups is 1. The lowest BCUT2D eigenvalue weighted by Gasteiger charge is -2.37. The number of halogens is 1. The molecular weight excluding hydrogens is 452 g/mol. The zero-order chi connectivity index (χ0) is 21.8. The Morgan fingerprint density at radius 2 is 2.20 bits per heavy atom. The highest BCUT2D eigenvalue weighted by Gasteiger charge is 2.34. The molecule has 2 aromatic heterocycles. The second-order valence-electron chi connectivity index (χ2n) is 7.53. The van der Waals surface area contributed by atoms with Crippen LogP contribution in [0.3, 0.4) is 0 Å². The zero-order valence-corrected chi connectivity index (χ0v) is 18.7. The van der Waals surface area contributed by atoms with Gasteiger partial charge in [-0.05, 0) is 41.1 Å². The Hall–Kier alpha value is -2.52. The van der Waals surface area contributed by atoms with E-state index in [2.05, 4.69) is 25.9 Å². The van der Waals surface area contributed by atoms with E-state index >= 15 is 0 Å². The van der Waals surface area contributed by atoms with Crippen molar-refractivity contribution in [2.45, 2.75) is 26.0 Å². The molecule has 2 amide bonds. The van der Waals surface area contributed by atoms with E-state index < -0.39 is 6.10 Å². The Labute approximate surface area is 184 Å². The number of amides is 2. The molecule has 0 aromatic carbocycles. The Balaban J connectivity index is 1.90. The van der Waals surface area contributed by atoms with Crippen molar-refractivity contribution in [3.8, 4) is 5.88 Å². The summed E-state index contributed by atoms with van der Waals surface area (Å²) in [7, 11) is 1.70. The summed E-state index contributed by atoms with van der Waals surface area (Å²) in [5.41, 5.74) is 0.673. The maximum Gasteiger partial charge on any atom is 0.272 e. The molecule has 2 aromatic rings. The average Bonchev–Trinajstić information content (AvgIpc) is 2.76. The summed E-state index contributed by atoms with van der Waals surface area (Å²) in [6.07, 6.45) is 2.74.